The molecule has 0 fully saturated rings. The molecule has 0 aliphatic heterocycles. The van der Waals surface area contributed by atoms with Gasteiger partial charge in [-0.05, 0) is 13.8 Å². The molecule has 3 nitrogen and oxygen atoms in total. The summed E-state index contributed by atoms with van der Waals surface area (Å²) in [6.45, 7) is 5.23. The van der Waals surface area contributed by atoms with Crippen LogP contribution >= 0.6 is 0 Å². The van der Waals surface area contributed by atoms with E-state index in [1.165, 1.54) is 0 Å². The van der Waals surface area contributed by atoms with E-state index in [2.05, 4.69) is 0 Å². The second-order valence-corrected chi connectivity index (χ2v) is 2.67. The summed E-state index contributed by atoms with van der Waals surface area (Å²) in [5.74, 6) is 0. The Hall–Kier alpha value is -0.120. The number of ether oxygens (including phenoxy) is 3. The summed E-state index contributed by atoms with van der Waals surface area (Å²) in [5.41, 5.74) is 0. The van der Waals surface area contributed by atoms with Crippen molar-refractivity contribution < 1.29 is 14.2 Å². The lowest BCUT2D eigenvalue weighted by atomic mass is 10.4. The van der Waals surface area contributed by atoms with Gasteiger partial charge in [0.25, 0.3) is 0 Å². The fourth-order valence-electron chi connectivity index (χ4n) is 0.945. The molecule has 0 aromatic heterocycles. The molecule has 0 aliphatic carbocycles. The van der Waals surface area contributed by atoms with Crippen molar-refractivity contribution in [3.05, 3.63) is 0 Å². The summed E-state index contributed by atoms with van der Waals surface area (Å²) < 4.78 is 15.3. The van der Waals surface area contributed by atoms with Crippen molar-refractivity contribution in [1.29, 1.82) is 0 Å². The lowest BCUT2D eigenvalue weighted by Gasteiger charge is -2.17. The first kappa shape index (κ1) is 10.9. The molecule has 2 atom stereocenters. The highest BCUT2D eigenvalue weighted by molar-refractivity contribution is 4.52. The van der Waals surface area contributed by atoms with Gasteiger partial charge in [0.15, 0.2) is 0 Å². The first-order valence-electron chi connectivity index (χ1n) is 3.84. The Morgan fingerprint density at radius 2 is 1.27 bits per heavy atom. The minimum atomic E-state index is 0.144. The lowest BCUT2D eigenvalue weighted by Crippen LogP contribution is -2.24. The van der Waals surface area contributed by atoms with Gasteiger partial charge in [-0.1, -0.05) is 0 Å². The number of hydrogen-bond acceptors (Lipinski definition) is 3. The minimum absolute atomic E-state index is 0.144. The second kappa shape index (κ2) is 6.58. The molecule has 0 aliphatic rings. The summed E-state index contributed by atoms with van der Waals surface area (Å²) in [4.78, 5) is 0. The van der Waals surface area contributed by atoms with Crippen molar-refractivity contribution in [2.24, 2.45) is 0 Å². The predicted octanol–water partition coefficient (Wildman–Crippen LogP) is 1.07. The maximum atomic E-state index is 5.48. The first-order valence-corrected chi connectivity index (χ1v) is 3.84. The molecule has 0 aromatic rings. The van der Waals surface area contributed by atoms with Crippen molar-refractivity contribution in [1.82, 2.24) is 0 Å². The van der Waals surface area contributed by atoms with Crippen LogP contribution in [0.5, 0.6) is 0 Å². The van der Waals surface area contributed by atoms with E-state index in [0.717, 1.165) is 0 Å². The molecule has 3 heteroatoms. The molecule has 0 radical (unpaired) electrons. The van der Waals surface area contributed by atoms with Crippen LogP contribution in [0.1, 0.15) is 13.8 Å². The summed E-state index contributed by atoms with van der Waals surface area (Å²) in [5, 5.41) is 0. The van der Waals surface area contributed by atoms with Crippen LogP contribution in [0.2, 0.25) is 0 Å². The Morgan fingerprint density at radius 1 is 0.909 bits per heavy atom. The van der Waals surface area contributed by atoms with Gasteiger partial charge in [-0.3, -0.25) is 0 Å². The third-order valence-electron chi connectivity index (χ3n) is 1.27. The van der Waals surface area contributed by atoms with Crippen LogP contribution in [-0.2, 0) is 14.2 Å². The first-order chi connectivity index (χ1) is 5.20. The third-order valence-corrected chi connectivity index (χ3v) is 1.27. The Morgan fingerprint density at radius 3 is 1.55 bits per heavy atom. The smallest absolute Gasteiger partial charge is 0.0785 e. The van der Waals surface area contributed by atoms with Gasteiger partial charge in [0.05, 0.1) is 25.4 Å². The Balaban J connectivity index is 3.32. The van der Waals surface area contributed by atoms with Gasteiger partial charge in [0.1, 0.15) is 0 Å². The van der Waals surface area contributed by atoms with Crippen molar-refractivity contribution in [2.45, 2.75) is 26.1 Å². The van der Waals surface area contributed by atoms with Gasteiger partial charge in [-0.2, -0.15) is 0 Å². The molecule has 68 valence electrons. The Kier molecular flexibility index (Phi) is 6.51. The van der Waals surface area contributed by atoms with Crippen LogP contribution in [0.4, 0.5) is 0 Å². The molecule has 0 saturated carbocycles. The molecule has 11 heavy (non-hydrogen) atoms. The SMILES string of the molecule is COC[C@H](C)O[C@@H](C)COC. The second-order valence-electron chi connectivity index (χ2n) is 2.67. The zero-order chi connectivity index (χ0) is 8.69. The van der Waals surface area contributed by atoms with Crippen LogP contribution in [0.15, 0.2) is 0 Å². The van der Waals surface area contributed by atoms with E-state index in [9.17, 15) is 0 Å². The lowest BCUT2D eigenvalue weighted by molar-refractivity contribution is -0.0572. The molecule has 0 unspecified atom stereocenters. The standard InChI is InChI=1S/C8H18O3/c1-7(5-9-3)11-8(2)6-10-4/h7-8H,5-6H2,1-4H3/t7-,8-/m0/s1. The average molecular weight is 162 g/mol. The molecular formula is C8H18O3. The van der Waals surface area contributed by atoms with E-state index in [-0.39, 0.29) is 12.2 Å². The summed E-state index contributed by atoms with van der Waals surface area (Å²) in [6, 6.07) is 0. The highest BCUT2D eigenvalue weighted by Gasteiger charge is 2.06. The maximum absolute atomic E-state index is 5.48. The molecule has 0 N–H and O–H groups in total. The largest absolute Gasteiger partial charge is 0.382 e. The molecule has 0 amide bonds. The average Bonchev–Trinajstić information content (AvgIpc) is 1.87. The maximum Gasteiger partial charge on any atom is 0.0785 e. The monoisotopic (exact) mass is 162 g/mol. The number of rotatable bonds is 6. The number of hydrogen-bond donors (Lipinski definition) is 0. The molecule has 0 spiro atoms. The Labute approximate surface area is 68.6 Å². The van der Waals surface area contributed by atoms with E-state index < -0.39 is 0 Å². The fraction of sp³-hybridized carbons (Fsp3) is 1.00. The van der Waals surface area contributed by atoms with E-state index >= 15 is 0 Å². The predicted molar refractivity (Wildman–Crippen MR) is 43.8 cm³/mol. The van der Waals surface area contributed by atoms with Crippen LogP contribution in [0.25, 0.3) is 0 Å². The van der Waals surface area contributed by atoms with E-state index in [4.69, 9.17) is 14.2 Å². The van der Waals surface area contributed by atoms with Gasteiger partial charge < -0.3 is 14.2 Å². The molecule has 0 heterocycles. The molecular weight excluding hydrogens is 144 g/mol. The zero-order valence-electron chi connectivity index (χ0n) is 7.79. The summed E-state index contributed by atoms with van der Waals surface area (Å²) >= 11 is 0. The van der Waals surface area contributed by atoms with Crippen LogP contribution in [-0.4, -0.2) is 39.6 Å². The normalized spacial score (nSPS) is 16.4. The van der Waals surface area contributed by atoms with Crippen molar-refractivity contribution in [3.63, 3.8) is 0 Å². The van der Waals surface area contributed by atoms with E-state index in [1.807, 2.05) is 13.8 Å². The molecule has 0 rings (SSSR count). The Bertz CT molecular complexity index is 75.4. The van der Waals surface area contributed by atoms with Crippen LogP contribution in [0.3, 0.4) is 0 Å². The quantitative estimate of drug-likeness (QED) is 0.584. The topological polar surface area (TPSA) is 27.7 Å². The van der Waals surface area contributed by atoms with Crippen molar-refractivity contribution in [2.75, 3.05) is 27.4 Å². The van der Waals surface area contributed by atoms with E-state index in [1.54, 1.807) is 14.2 Å². The summed E-state index contributed by atoms with van der Waals surface area (Å²) in [6.07, 6.45) is 0.287. The minimum Gasteiger partial charge on any atom is -0.382 e. The molecule has 0 saturated heterocycles. The van der Waals surface area contributed by atoms with Crippen LogP contribution < -0.4 is 0 Å². The van der Waals surface area contributed by atoms with Gasteiger partial charge in [-0.15, -0.1) is 0 Å². The number of methoxy groups -OCH3 is 2. The molecule has 0 aromatic carbocycles. The van der Waals surface area contributed by atoms with Crippen molar-refractivity contribution in [3.8, 4) is 0 Å². The molecule has 0 bridgehead atoms. The van der Waals surface area contributed by atoms with Gasteiger partial charge in [0.2, 0.25) is 0 Å². The summed E-state index contributed by atoms with van der Waals surface area (Å²) in [7, 11) is 3.34. The fourth-order valence-corrected chi connectivity index (χ4v) is 0.945. The highest BCUT2D eigenvalue weighted by Crippen LogP contribution is 1.98. The van der Waals surface area contributed by atoms with E-state index in [0.29, 0.717) is 13.2 Å². The third kappa shape index (κ3) is 6.28. The van der Waals surface area contributed by atoms with Crippen molar-refractivity contribution >= 4 is 0 Å². The van der Waals surface area contributed by atoms with Gasteiger partial charge >= 0.3 is 0 Å². The highest BCUT2D eigenvalue weighted by atomic mass is 16.6. The van der Waals surface area contributed by atoms with Gasteiger partial charge in [0, 0.05) is 14.2 Å². The zero-order valence-corrected chi connectivity index (χ0v) is 7.79. The van der Waals surface area contributed by atoms with Crippen LogP contribution in [0, 0.1) is 0 Å². The van der Waals surface area contributed by atoms with Gasteiger partial charge in [-0.25, -0.2) is 0 Å².